The van der Waals surface area contributed by atoms with Crippen molar-refractivity contribution in [1.29, 1.82) is 0 Å². The van der Waals surface area contributed by atoms with Crippen LogP contribution in [0.4, 0.5) is 11.4 Å². The molecule has 35 heavy (non-hydrogen) atoms. The van der Waals surface area contributed by atoms with E-state index >= 15 is 0 Å². The molecule has 2 aromatic carbocycles. The number of ether oxygens (including phenoxy) is 2. The quantitative estimate of drug-likeness (QED) is 0.262. The van der Waals surface area contributed by atoms with Crippen LogP contribution in [0, 0.1) is 0 Å². The van der Waals surface area contributed by atoms with E-state index in [0.717, 1.165) is 12.0 Å². The molecule has 0 saturated heterocycles. The van der Waals surface area contributed by atoms with Crippen LogP contribution < -0.4 is 15.4 Å². The number of hydrogen-bond donors (Lipinski definition) is 2. The summed E-state index contributed by atoms with van der Waals surface area (Å²) in [6, 6.07) is 14.8. The molecule has 1 atom stereocenters. The number of rotatable bonds is 13. The fraction of sp³-hybridized carbons (Fsp3) is 0.385. The first kappa shape index (κ1) is 26.2. The first-order chi connectivity index (χ1) is 16.8. The molecule has 8 nitrogen and oxygen atoms in total. The van der Waals surface area contributed by atoms with Crippen molar-refractivity contribution < 1.29 is 23.7 Å². The van der Waals surface area contributed by atoms with Gasteiger partial charge in [-0.3, -0.25) is 4.99 Å². The number of anilines is 1. The van der Waals surface area contributed by atoms with Gasteiger partial charge in [0.15, 0.2) is 0 Å². The Labute approximate surface area is 207 Å². The van der Waals surface area contributed by atoms with Crippen molar-refractivity contribution >= 4 is 42.4 Å². The number of carbonyl (C=O) groups excluding carboxylic acids is 2. The number of nitrogens with zero attached hydrogens (tertiary/aromatic N) is 1. The first-order valence-electron chi connectivity index (χ1n) is 11.5. The van der Waals surface area contributed by atoms with Crippen LogP contribution in [0.5, 0.6) is 5.75 Å². The van der Waals surface area contributed by atoms with E-state index in [1.54, 1.807) is 13.2 Å². The number of carbonyl (C=O) groups is 2. The molecule has 1 aliphatic rings. The SMILES string of the molecule is CNc1ccccc1N=C(CC=O)c1ccccc1OCC(=O)NCC(C)(C)OCC1(C)C=BO1. The molecule has 0 aromatic heterocycles. The number of para-hydroxylation sites is 3. The predicted octanol–water partition coefficient (Wildman–Crippen LogP) is 2.94. The predicted molar refractivity (Wildman–Crippen MR) is 139 cm³/mol. The average Bonchev–Trinajstić information content (AvgIpc) is 2.84. The number of aldehydes is 1. The summed E-state index contributed by atoms with van der Waals surface area (Å²) < 4.78 is 17.1. The summed E-state index contributed by atoms with van der Waals surface area (Å²) in [6.07, 6.45) is 0.908. The summed E-state index contributed by atoms with van der Waals surface area (Å²) in [5.41, 5.74) is 1.76. The van der Waals surface area contributed by atoms with Crippen LogP contribution in [0.2, 0.25) is 0 Å². The normalized spacial score (nSPS) is 17.0. The second-order valence-electron chi connectivity index (χ2n) is 9.04. The standard InChI is InChI=1S/C26H32BN3O5/c1-25(2,34-18-26(3)16-27-35-26)17-29-24(32)15-33-23-12-8-5-9-19(23)20(13-14-31)30-22-11-7-6-10-21(22)28-4/h5-12,14,16,28H,13,15,17-18H2,1-4H3,(H,29,32). The molecule has 1 heterocycles. The molecule has 0 fully saturated rings. The van der Waals surface area contributed by atoms with Crippen LogP contribution in [0.1, 0.15) is 32.8 Å². The molecule has 1 aliphatic heterocycles. The van der Waals surface area contributed by atoms with E-state index in [2.05, 4.69) is 10.6 Å². The maximum atomic E-state index is 12.5. The number of hydrogen-bond acceptors (Lipinski definition) is 7. The summed E-state index contributed by atoms with van der Waals surface area (Å²) in [4.78, 5) is 28.6. The van der Waals surface area contributed by atoms with Crippen molar-refractivity contribution in [2.24, 2.45) is 4.99 Å². The summed E-state index contributed by atoms with van der Waals surface area (Å²) >= 11 is 0. The van der Waals surface area contributed by atoms with Crippen LogP contribution in [0.3, 0.4) is 0 Å². The van der Waals surface area contributed by atoms with Gasteiger partial charge < -0.3 is 10.1 Å². The molecule has 1 unspecified atom stereocenters. The molecular formula is C26H32BN3O5. The Kier molecular flexibility index (Phi) is 8.81. The minimum atomic E-state index is -0.576. The first-order valence-corrected chi connectivity index (χ1v) is 11.5. The van der Waals surface area contributed by atoms with Crippen LogP contribution in [-0.4, -0.2) is 69.0 Å². The zero-order valence-electron chi connectivity index (χ0n) is 20.7. The molecule has 0 aliphatic carbocycles. The van der Waals surface area contributed by atoms with Gasteiger partial charge in [-0.15, -0.1) is 0 Å². The molecular weight excluding hydrogens is 445 g/mol. The Morgan fingerprint density at radius 2 is 1.91 bits per heavy atom. The van der Waals surface area contributed by atoms with Crippen LogP contribution >= 0.6 is 0 Å². The fourth-order valence-corrected chi connectivity index (χ4v) is 3.33. The molecule has 0 spiro atoms. The second-order valence-corrected chi connectivity index (χ2v) is 9.04. The number of aliphatic imine (C=N–C) groups is 1. The third-order valence-corrected chi connectivity index (χ3v) is 5.48. The van der Waals surface area contributed by atoms with Crippen LogP contribution in [0.15, 0.2) is 53.5 Å². The van der Waals surface area contributed by atoms with E-state index < -0.39 is 11.2 Å². The van der Waals surface area contributed by atoms with E-state index in [1.165, 1.54) is 0 Å². The van der Waals surface area contributed by atoms with Gasteiger partial charge in [0.2, 0.25) is 0 Å². The van der Waals surface area contributed by atoms with Crippen molar-refractivity contribution in [2.75, 3.05) is 32.1 Å². The topological polar surface area (TPSA) is 98.2 Å². The Morgan fingerprint density at radius 1 is 1.20 bits per heavy atom. The zero-order chi connectivity index (χ0) is 25.3. The van der Waals surface area contributed by atoms with E-state index in [1.807, 2.05) is 76.2 Å². The Bertz CT molecular complexity index is 1100. The third kappa shape index (κ3) is 7.52. The van der Waals surface area contributed by atoms with E-state index in [9.17, 15) is 9.59 Å². The molecule has 3 rings (SSSR count). The second kappa shape index (κ2) is 11.8. The van der Waals surface area contributed by atoms with Crippen molar-refractivity contribution in [3.05, 3.63) is 54.1 Å². The van der Waals surface area contributed by atoms with Gasteiger partial charge in [-0.2, -0.15) is 0 Å². The van der Waals surface area contributed by atoms with E-state index in [0.29, 0.717) is 35.9 Å². The Hall–Kier alpha value is -3.46. The summed E-state index contributed by atoms with van der Waals surface area (Å²) in [6.45, 7) is 6.27. The van der Waals surface area contributed by atoms with Gasteiger partial charge in [-0.25, -0.2) is 0 Å². The summed E-state index contributed by atoms with van der Waals surface area (Å²) in [7, 11) is 3.45. The summed E-state index contributed by atoms with van der Waals surface area (Å²) in [5, 5.41) is 5.95. The zero-order valence-corrected chi connectivity index (χ0v) is 20.7. The number of amides is 1. The Balaban J connectivity index is 1.64. The van der Waals surface area contributed by atoms with Crippen molar-refractivity contribution in [3.63, 3.8) is 0 Å². The average molecular weight is 477 g/mol. The van der Waals surface area contributed by atoms with Gasteiger partial charge in [-0.1, -0.05) is 24.3 Å². The minimum absolute atomic E-state index is 0.105. The van der Waals surface area contributed by atoms with E-state index in [4.69, 9.17) is 19.1 Å². The van der Waals surface area contributed by atoms with Crippen LogP contribution in [-0.2, 0) is 19.0 Å². The monoisotopic (exact) mass is 477 g/mol. The van der Waals surface area contributed by atoms with Gasteiger partial charge in [0, 0.05) is 13.5 Å². The van der Waals surface area contributed by atoms with Gasteiger partial charge in [0.05, 0.1) is 17.1 Å². The molecule has 1 amide bonds. The fourth-order valence-electron chi connectivity index (χ4n) is 3.33. The van der Waals surface area contributed by atoms with Crippen molar-refractivity contribution in [1.82, 2.24) is 5.32 Å². The molecule has 0 radical (unpaired) electrons. The van der Waals surface area contributed by atoms with Gasteiger partial charge in [0.25, 0.3) is 0 Å². The molecule has 0 saturated carbocycles. The molecule has 9 heteroatoms. The summed E-state index contributed by atoms with van der Waals surface area (Å²) in [5.74, 6) is 2.13. The van der Waals surface area contributed by atoms with Crippen molar-refractivity contribution in [2.45, 2.75) is 38.4 Å². The number of benzene rings is 2. The van der Waals surface area contributed by atoms with E-state index in [-0.39, 0.29) is 18.9 Å². The molecule has 0 bridgehead atoms. The Morgan fingerprint density at radius 3 is 2.60 bits per heavy atom. The molecule has 184 valence electrons. The molecule has 2 aromatic rings. The van der Waals surface area contributed by atoms with Crippen molar-refractivity contribution in [3.8, 4) is 5.75 Å². The molecule has 2 N–H and O–H groups in total. The van der Waals surface area contributed by atoms with Crippen LogP contribution in [0.25, 0.3) is 0 Å². The third-order valence-electron chi connectivity index (χ3n) is 5.48. The number of nitrogens with one attached hydrogen (secondary N) is 2. The van der Waals surface area contributed by atoms with Gasteiger partial charge >= 0.3 is 112 Å². The van der Waals surface area contributed by atoms with Gasteiger partial charge in [0.1, 0.15) is 6.29 Å². The van der Waals surface area contributed by atoms with Gasteiger partial charge in [-0.05, 0) is 18.2 Å². The maximum absolute atomic E-state index is 12.5.